The number of hydrogen-bond acceptors (Lipinski definition) is 6. The van der Waals surface area contributed by atoms with Gasteiger partial charge in [-0.1, -0.05) is 18.2 Å². The van der Waals surface area contributed by atoms with Crippen molar-refractivity contribution in [2.75, 3.05) is 6.61 Å². The van der Waals surface area contributed by atoms with Crippen molar-refractivity contribution >= 4 is 17.6 Å². The van der Waals surface area contributed by atoms with Gasteiger partial charge < -0.3 is 30.6 Å². The van der Waals surface area contributed by atoms with Crippen molar-refractivity contribution in [2.45, 2.75) is 24.4 Å². The van der Waals surface area contributed by atoms with Crippen molar-refractivity contribution in [1.29, 1.82) is 0 Å². The van der Waals surface area contributed by atoms with Crippen LogP contribution in [0, 0.1) is 0 Å². The maximum absolute atomic E-state index is 10.1. The van der Waals surface area contributed by atoms with E-state index >= 15 is 0 Å². The van der Waals surface area contributed by atoms with Crippen LogP contribution in [0.1, 0.15) is 0 Å². The van der Waals surface area contributed by atoms with E-state index in [0.29, 0.717) is 0 Å². The summed E-state index contributed by atoms with van der Waals surface area (Å²) in [6.45, 7) is 2.28. The predicted octanol–water partition coefficient (Wildman–Crippen LogP) is -2.12. The van der Waals surface area contributed by atoms with Gasteiger partial charge in [-0.3, -0.25) is 0 Å². The molecule has 0 aromatic rings. The van der Waals surface area contributed by atoms with Crippen LogP contribution in [0.5, 0.6) is 0 Å². The zero-order valence-electron chi connectivity index (χ0n) is 8.27. The fourth-order valence-electron chi connectivity index (χ4n) is 0.668. The maximum Gasteiger partial charge on any atom is 0.335 e. The van der Waals surface area contributed by atoms with Crippen molar-refractivity contribution in [3.05, 3.63) is 12.1 Å². The second-order valence-electron chi connectivity index (χ2n) is 2.67. The van der Waals surface area contributed by atoms with Gasteiger partial charge in [0.15, 0.2) is 6.10 Å². The fourth-order valence-corrected chi connectivity index (χ4v) is 0.668. The summed E-state index contributed by atoms with van der Waals surface area (Å²) in [5.74, 6) is -1.73. The molecule has 4 unspecified atom stereocenters. The van der Waals surface area contributed by atoms with Crippen molar-refractivity contribution in [3.8, 4) is 0 Å². The molecule has 0 aliphatic rings. The van der Waals surface area contributed by atoms with Crippen LogP contribution in [0.15, 0.2) is 12.1 Å². The monoisotopic (exact) mass is 258 g/mol. The molecule has 16 heavy (non-hydrogen) atoms. The first-order valence-corrected chi connectivity index (χ1v) is 4.54. The van der Waals surface area contributed by atoms with E-state index in [1.165, 1.54) is 5.54 Å². The van der Waals surface area contributed by atoms with Crippen LogP contribution in [0.4, 0.5) is 0 Å². The quantitative estimate of drug-likeness (QED) is 0.331. The summed E-state index contributed by atoms with van der Waals surface area (Å²) in [4.78, 5) is 10.1. The van der Waals surface area contributed by atoms with Gasteiger partial charge in [0.2, 0.25) is 0 Å². The molecule has 0 spiro atoms. The predicted molar refractivity (Wildman–Crippen MR) is 54.8 cm³/mol. The number of aliphatic carboxylic acids is 1. The van der Waals surface area contributed by atoms with Gasteiger partial charge in [-0.15, -0.1) is 0 Å². The molecular formula is C8H15ClO7. The summed E-state index contributed by atoms with van der Waals surface area (Å²) in [6.07, 6.45) is -7.84. The molecule has 7 nitrogen and oxygen atoms in total. The number of halogens is 1. The van der Waals surface area contributed by atoms with Crippen LogP contribution in [0.2, 0.25) is 0 Å². The Morgan fingerprint density at radius 1 is 1.25 bits per heavy atom. The number of rotatable bonds is 5. The van der Waals surface area contributed by atoms with Crippen LogP contribution < -0.4 is 0 Å². The van der Waals surface area contributed by atoms with Crippen LogP contribution in [0.3, 0.4) is 0 Å². The van der Waals surface area contributed by atoms with Gasteiger partial charge in [0.25, 0.3) is 0 Å². The van der Waals surface area contributed by atoms with Gasteiger partial charge >= 0.3 is 5.97 Å². The normalized spacial score (nSPS) is 17.4. The van der Waals surface area contributed by atoms with Crippen molar-refractivity contribution < 1.29 is 35.4 Å². The van der Waals surface area contributed by atoms with E-state index in [9.17, 15) is 4.79 Å². The molecule has 0 bridgehead atoms. The number of aliphatic hydroxyl groups excluding tert-OH is 5. The zero-order chi connectivity index (χ0) is 13.3. The van der Waals surface area contributed by atoms with Gasteiger partial charge in [-0.05, 0) is 5.54 Å². The minimum Gasteiger partial charge on any atom is -0.479 e. The molecule has 0 saturated carbocycles. The van der Waals surface area contributed by atoms with Crippen LogP contribution in [0.25, 0.3) is 0 Å². The van der Waals surface area contributed by atoms with E-state index in [-0.39, 0.29) is 0 Å². The molecule has 0 heterocycles. The van der Waals surface area contributed by atoms with Crippen molar-refractivity contribution in [2.24, 2.45) is 0 Å². The summed E-state index contributed by atoms with van der Waals surface area (Å²) in [5, 5.41) is 51.8. The lowest BCUT2D eigenvalue weighted by Crippen LogP contribution is -2.48. The van der Waals surface area contributed by atoms with E-state index < -0.39 is 37.0 Å². The summed E-state index contributed by atoms with van der Waals surface area (Å²) >= 11 is 4.76. The minimum atomic E-state index is -2.20. The first-order chi connectivity index (χ1) is 7.33. The molecule has 0 aromatic heterocycles. The highest BCUT2D eigenvalue weighted by atomic mass is 35.5. The number of aliphatic hydroxyl groups is 5. The maximum atomic E-state index is 10.1. The van der Waals surface area contributed by atoms with E-state index in [4.69, 9.17) is 42.2 Å². The highest BCUT2D eigenvalue weighted by molar-refractivity contribution is 6.25. The van der Waals surface area contributed by atoms with Crippen LogP contribution in [-0.4, -0.2) is 67.6 Å². The summed E-state index contributed by atoms with van der Waals surface area (Å²) in [6, 6.07) is 0. The highest BCUT2D eigenvalue weighted by Crippen LogP contribution is 2.04. The standard InChI is InChI=1S/C6H12O7.C2H3Cl/c7-1-2(8)3(9)4(10)5(11)6(12)13;1-2-3/h2-5,7-11H,1H2,(H,12,13);2H,1H2. The molecule has 0 radical (unpaired) electrons. The Bertz CT molecular complexity index is 211. The number of carboxylic acids is 1. The Morgan fingerprint density at radius 2 is 1.62 bits per heavy atom. The first kappa shape index (κ1) is 17.7. The first-order valence-electron chi connectivity index (χ1n) is 4.10. The molecule has 0 saturated heterocycles. The molecule has 0 aliphatic heterocycles. The Balaban J connectivity index is 0. The van der Waals surface area contributed by atoms with E-state index in [1.54, 1.807) is 0 Å². The lowest BCUT2D eigenvalue weighted by atomic mass is 10.0. The molecule has 4 atom stereocenters. The third-order valence-electron chi connectivity index (χ3n) is 1.51. The molecule has 6 N–H and O–H groups in total. The molecule has 96 valence electrons. The van der Waals surface area contributed by atoms with E-state index in [1.807, 2.05) is 0 Å². The van der Waals surface area contributed by atoms with Crippen molar-refractivity contribution in [1.82, 2.24) is 0 Å². The van der Waals surface area contributed by atoms with E-state index in [0.717, 1.165) is 0 Å². The Labute approximate surface area is 96.8 Å². The molecule has 0 aliphatic carbocycles. The summed E-state index contributed by atoms with van der Waals surface area (Å²) in [5.41, 5.74) is 1.22. The molecular weight excluding hydrogens is 244 g/mol. The lowest BCUT2D eigenvalue weighted by molar-refractivity contribution is -0.164. The summed E-state index contributed by atoms with van der Waals surface area (Å²) < 4.78 is 0. The number of hydrogen-bond donors (Lipinski definition) is 6. The van der Waals surface area contributed by atoms with Crippen molar-refractivity contribution in [3.63, 3.8) is 0 Å². The van der Waals surface area contributed by atoms with Gasteiger partial charge in [0, 0.05) is 0 Å². The summed E-state index contributed by atoms with van der Waals surface area (Å²) in [7, 11) is 0. The van der Waals surface area contributed by atoms with Gasteiger partial charge in [-0.2, -0.15) is 0 Å². The van der Waals surface area contributed by atoms with E-state index in [2.05, 4.69) is 6.58 Å². The average Bonchev–Trinajstić information content (AvgIpc) is 2.25. The molecule has 0 fully saturated rings. The second kappa shape index (κ2) is 9.52. The Hall–Kier alpha value is -0.700. The average molecular weight is 259 g/mol. The topological polar surface area (TPSA) is 138 Å². The van der Waals surface area contributed by atoms with Gasteiger partial charge in [-0.25, -0.2) is 4.79 Å². The highest BCUT2D eigenvalue weighted by Gasteiger charge is 2.33. The van der Waals surface area contributed by atoms with Crippen LogP contribution in [-0.2, 0) is 4.79 Å². The largest absolute Gasteiger partial charge is 0.479 e. The lowest BCUT2D eigenvalue weighted by Gasteiger charge is -2.23. The van der Waals surface area contributed by atoms with Crippen LogP contribution >= 0.6 is 11.6 Å². The molecule has 0 aromatic carbocycles. The van der Waals surface area contributed by atoms with Gasteiger partial charge in [0.1, 0.15) is 18.3 Å². The second-order valence-corrected chi connectivity index (χ2v) is 2.98. The zero-order valence-corrected chi connectivity index (χ0v) is 9.03. The smallest absolute Gasteiger partial charge is 0.335 e. The van der Waals surface area contributed by atoms with Gasteiger partial charge in [0.05, 0.1) is 6.61 Å². The molecule has 0 rings (SSSR count). The third kappa shape index (κ3) is 6.72. The number of carboxylic acid groups (broad SMARTS) is 1. The Kier molecular flexibility index (Phi) is 10.5. The fraction of sp³-hybridized carbons (Fsp3) is 0.625. The third-order valence-corrected chi connectivity index (χ3v) is 1.51. The number of carbonyl (C=O) groups is 1. The SMILES string of the molecule is C=CCl.O=C(O)C(O)C(O)C(O)C(O)CO. The molecule has 8 heteroatoms. The minimum absolute atomic E-state index is 0.843. The molecule has 0 amide bonds. The Morgan fingerprint density at radius 3 is 1.88 bits per heavy atom.